The van der Waals surface area contributed by atoms with Crippen molar-refractivity contribution in [1.82, 2.24) is 39.9 Å². The lowest BCUT2D eigenvalue weighted by Crippen LogP contribution is -1.97. The number of benzene rings is 4. The first-order chi connectivity index (χ1) is 29.7. The molecular weight excluding hydrogens is 737 g/mol. The Morgan fingerprint density at radius 1 is 0.217 bits per heavy atom. The third-order valence-electron chi connectivity index (χ3n) is 10.2. The Morgan fingerprint density at radius 3 is 0.883 bits per heavy atom. The van der Waals surface area contributed by atoms with Crippen LogP contribution >= 0.6 is 0 Å². The largest absolute Gasteiger partial charge is 0.254 e. The molecule has 0 aliphatic rings. The van der Waals surface area contributed by atoms with E-state index in [1.807, 2.05) is 109 Å². The van der Waals surface area contributed by atoms with Gasteiger partial charge in [-0.25, -0.2) is 19.9 Å². The molecule has 0 unspecified atom stereocenters. The van der Waals surface area contributed by atoms with Gasteiger partial charge in [0.2, 0.25) is 0 Å². The zero-order valence-corrected chi connectivity index (χ0v) is 32.2. The predicted octanol–water partition coefficient (Wildman–Crippen LogP) is 11.8. The molecule has 10 rings (SSSR count). The maximum atomic E-state index is 4.91. The molecule has 60 heavy (non-hydrogen) atoms. The maximum Gasteiger partial charge on any atom is 0.179 e. The first-order valence-electron chi connectivity index (χ1n) is 19.6. The van der Waals surface area contributed by atoms with E-state index in [-0.39, 0.29) is 0 Å². The number of aromatic nitrogens is 8. The lowest BCUT2D eigenvalue weighted by Gasteiger charge is -2.10. The second-order valence-electron chi connectivity index (χ2n) is 14.1. The van der Waals surface area contributed by atoms with Crippen LogP contribution in [0.2, 0.25) is 0 Å². The summed E-state index contributed by atoms with van der Waals surface area (Å²) in [6.07, 6.45) is 7.31. The van der Waals surface area contributed by atoms with Crippen LogP contribution in [-0.2, 0) is 0 Å². The Hall–Kier alpha value is -8.36. The van der Waals surface area contributed by atoms with Crippen molar-refractivity contribution in [3.05, 3.63) is 207 Å². The minimum absolute atomic E-state index is 0.586. The van der Waals surface area contributed by atoms with E-state index in [2.05, 4.69) is 94.9 Å². The normalized spacial score (nSPS) is 11.0. The maximum absolute atomic E-state index is 4.91. The SMILES string of the molecule is c1ccc(-c2cc(-c3ccc(-c4ccc(-c5ccc(-c6ccc(-c7cc(-c8ccccc8)nc(-c8ccccn8)n7)cc6)cn5)nc4)cc3)nc(-c3ccccn3)n2)cc1. The van der Waals surface area contributed by atoms with E-state index < -0.39 is 0 Å². The molecular formula is C52H34N8. The molecule has 0 radical (unpaired) electrons. The van der Waals surface area contributed by atoms with Crippen molar-refractivity contribution in [2.45, 2.75) is 0 Å². The Balaban J connectivity index is 0.859. The van der Waals surface area contributed by atoms with Crippen molar-refractivity contribution >= 4 is 0 Å². The Labute approximate surface area is 347 Å². The zero-order valence-electron chi connectivity index (χ0n) is 32.2. The number of hydrogen-bond donors (Lipinski definition) is 0. The highest BCUT2D eigenvalue weighted by atomic mass is 14.9. The van der Waals surface area contributed by atoms with Crippen LogP contribution in [0.25, 0.3) is 102 Å². The minimum atomic E-state index is 0.586. The van der Waals surface area contributed by atoms with Crippen molar-refractivity contribution in [3.63, 3.8) is 0 Å². The van der Waals surface area contributed by atoms with Crippen molar-refractivity contribution in [1.29, 1.82) is 0 Å². The van der Waals surface area contributed by atoms with E-state index in [4.69, 9.17) is 29.9 Å². The summed E-state index contributed by atoms with van der Waals surface area (Å²) in [5.41, 5.74) is 14.5. The van der Waals surface area contributed by atoms with Crippen LogP contribution in [0.4, 0.5) is 0 Å². The van der Waals surface area contributed by atoms with Crippen molar-refractivity contribution in [2.24, 2.45) is 0 Å². The fourth-order valence-corrected chi connectivity index (χ4v) is 7.02. The Kier molecular flexibility index (Phi) is 9.75. The Bertz CT molecular complexity index is 2690. The minimum Gasteiger partial charge on any atom is -0.254 e. The molecule has 0 saturated carbocycles. The second-order valence-corrected chi connectivity index (χ2v) is 14.1. The summed E-state index contributed by atoms with van der Waals surface area (Å²) in [4.78, 5) is 38.2. The lowest BCUT2D eigenvalue weighted by atomic mass is 10.0. The highest BCUT2D eigenvalue weighted by Crippen LogP contribution is 2.31. The molecule has 6 heterocycles. The smallest absolute Gasteiger partial charge is 0.179 e. The average molecular weight is 771 g/mol. The molecule has 0 aliphatic heterocycles. The summed E-state index contributed by atoms with van der Waals surface area (Å²) >= 11 is 0. The molecule has 10 aromatic rings. The second kappa shape index (κ2) is 16.2. The fourth-order valence-electron chi connectivity index (χ4n) is 7.02. The molecule has 0 aliphatic carbocycles. The van der Waals surface area contributed by atoms with Gasteiger partial charge in [-0.2, -0.15) is 0 Å². The van der Waals surface area contributed by atoms with Gasteiger partial charge in [-0.15, -0.1) is 0 Å². The Morgan fingerprint density at radius 2 is 0.550 bits per heavy atom. The zero-order chi connectivity index (χ0) is 40.1. The van der Waals surface area contributed by atoms with Crippen LogP contribution in [0.3, 0.4) is 0 Å². The van der Waals surface area contributed by atoms with Gasteiger partial charge in [0, 0.05) is 58.2 Å². The average Bonchev–Trinajstić information content (AvgIpc) is 3.35. The quantitative estimate of drug-likeness (QED) is 0.143. The molecule has 0 bridgehead atoms. The van der Waals surface area contributed by atoms with Crippen molar-refractivity contribution in [2.75, 3.05) is 0 Å². The summed E-state index contributed by atoms with van der Waals surface area (Å²) in [7, 11) is 0. The first kappa shape index (κ1) is 36.0. The summed E-state index contributed by atoms with van der Waals surface area (Å²) < 4.78 is 0. The predicted molar refractivity (Wildman–Crippen MR) is 238 cm³/mol. The van der Waals surface area contributed by atoms with Gasteiger partial charge in [0.05, 0.1) is 34.2 Å². The van der Waals surface area contributed by atoms with Gasteiger partial charge in [-0.1, -0.05) is 133 Å². The van der Waals surface area contributed by atoms with Crippen LogP contribution in [0, 0.1) is 0 Å². The molecule has 0 spiro atoms. The summed E-state index contributed by atoms with van der Waals surface area (Å²) in [5, 5.41) is 0. The topological polar surface area (TPSA) is 103 Å². The monoisotopic (exact) mass is 770 g/mol. The molecule has 0 saturated heterocycles. The van der Waals surface area contributed by atoms with Crippen molar-refractivity contribution < 1.29 is 0 Å². The van der Waals surface area contributed by atoms with E-state index in [9.17, 15) is 0 Å². The van der Waals surface area contributed by atoms with Crippen molar-refractivity contribution in [3.8, 4) is 102 Å². The van der Waals surface area contributed by atoms with E-state index in [1.165, 1.54) is 0 Å². The van der Waals surface area contributed by atoms with Gasteiger partial charge in [-0.05, 0) is 59.7 Å². The third-order valence-corrected chi connectivity index (χ3v) is 10.2. The molecule has 0 N–H and O–H groups in total. The molecule has 4 aromatic carbocycles. The lowest BCUT2D eigenvalue weighted by molar-refractivity contribution is 1.15. The fraction of sp³-hybridized carbons (Fsp3) is 0. The highest BCUT2D eigenvalue weighted by molar-refractivity contribution is 5.76. The third kappa shape index (κ3) is 7.68. The molecule has 282 valence electrons. The molecule has 8 heteroatoms. The first-order valence-corrected chi connectivity index (χ1v) is 19.6. The molecule has 0 amide bonds. The van der Waals surface area contributed by atoms with Gasteiger partial charge < -0.3 is 0 Å². The van der Waals surface area contributed by atoms with Crippen LogP contribution in [-0.4, -0.2) is 39.9 Å². The number of rotatable bonds is 9. The van der Waals surface area contributed by atoms with Crippen LogP contribution in [0.1, 0.15) is 0 Å². The van der Waals surface area contributed by atoms with E-state index in [1.54, 1.807) is 12.4 Å². The van der Waals surface area contributed by atoms with E-state index in [0.29, 0.717) is 11.6 Å². The van der Waals surface area contributed by atoms with Gasteiger partial charge in [0.15, 0.2) is 11.6 Å². The highest BCUT2D eigenvalue weighted by Gasteiger charge is 2.14. The molecule has 8 nitrogen and oxygen atoms in total. The van der Waals surface area contributed by atoms with Crippen LogP contribution < -0.4 is 0 Å². The van der Waals surface area contributed by atoms with E-state index in [0.717, 1.165) is 90.1 Å². The number of pyridine rings is 4. The summed E-state index contributed by atoms with van der Waals surface area (Å²) in [6.45, 7) is 0. The summed E-state index contributed by atoms with van der Waals surface area (Å²) in [5.74, 6) is 1.17. The summed E-state index contributed by atoms with van der Waals surface area (Å²) in [6, 6.07) is 60.8. The molecule has 0 fully saturated rings. The van der Waals surface area contributed by atoms with Crippen LogP contribution in [0.5, 0.6) is 0 Å². The van der Waals surface area contributed by atoms with Gasteiger partial charge in [0.25, 0.3) is 0 Å². The van der Waals surface area contributed by atoms with Crippen LogP contribution in [0.15, 0.2) is 207 Å². The number of nitrogens with zero attached hydrogens (tertiary/aromatic N) is 8. The molecule has 6 aromatic heterocycles. The van der Waals surface area contributed by atoms with Gasteiger partial charge >= 0.3 is 0 Å². The standard InChI is InChI=1S/C52H34N8/c1-3-11-37(12-4-1)47-31-49(59-51(57-47)45-15-7-9-29-53-45)39-21-17-35(18-22-39)41-25-27-43(55-33-41)44-28-26-42(34-56-44)36-19-23-40(24-20-36)50-32-48(38-13-5-2-6-14-38)58-52(60-50)46-16-8-10-30-54-46/h1-34H. The number of hydrogen-bond acceptors (Lipinski definition) is 8. The molecule has 0 atom stereocenters. The van der Waals surface area contributed by atoms with Gasteiger partial charge in [-0.3, -0.25) is 19.9 Å². The van der Waals surface area contributed by atoms with Gasteiger partial charge in [0.1, 0.15) is 11.4 Å². The van der Waals surface area contributed by atoms with E-state index >= 15 is 0 Å².